The van der Waals surface area contributed by atoms with Gasteiger partial charge in [0.25, 0.3) is 5.91 Å². The zero-order valence-electron chi connectivity index (χ0n) is 21.8. The number of aromatic amines is 1. The number of nitrogen functional groups attached to an aromatic ring is 1. The first-order valence-electron chi connectivity index (χ1n) is 12.7. The molecule has 0 saturated heterocycles. The van der Waals surface area contributed by atoms with Crippen LogP contribution >= 0.6 is 0 Å². The number of nitrogens with two attached hydrogens (primary N) is 1. The molecule has 1 saturated carbocycles. The van der Waals surface area contributed by atoms with Gasteiger partial charge >= 0.3 is 0 Å². The second-order valence-electron chi connectivity index (χ2n) is 9.67. The first-order valence-corrected chi connectivity index (χ1v) is 12.7. The van der Waals surface area contributed by atoms with Crippen LogP contribution in [0, 0.1) is 0 Å². The van der Waals surface area contributed by atoms with Crippen LogP contribution in [0.25, 0.3) is 28.2 Å². The first kappa shape index (κ1) is 26.5. The summed E-state index contributed by atoms with van der Waals surface area (Å²) in [4.78, 5) is 38.0. The number of methoxy groups -OCH3 is 1. The van der Waals surface area contributed by atoms with Crippen LogP contribution < -0.4 is 11.2 Å². The van der Waals surface area contributed by atoms with E-state index in [1.807, 2.05) is 30.5 Å². The van der Waals surface area contributed by atoms with E-state index >= 15 is 0 Å². The van der Waals surface area contributed by atoms with Crippen LogP contribution in [-0.2, 0) is 14.3 Å². The normalized spacial score (nSPS) is 19.3. The molecule has 12 heteroatoms. The Morgan fingerprint density at radius 1 is 1.23 bits per heavy atom. The molecule has 1 fully saturated rings. The highest BCUT2D eigenvalue weighted by Gasteiger charge is 2.44. The lowest BCUT2D eigenvalue weighted by Gasteiger charge is -2.38. The number of hydroxylamine groups is 1. The van der Waals surface area contributed by atoms with Crippen LogP contribution in [0.1, 0.15) is 54.6 Å². The number of anilines is 1. The number of ether oxygens (including phenoxy) is 2. The molecule has 5 N–H and O–H groups in total. The minimum Gasteiger partial charge on any atom is -0.383 e. The zero-order valence-corrected chi connectivity index (χ0v) is 21.8. The van der Waals surface area contributed by atoms with Gasteiger partial charge in [-0.3, -0.25) is 19.8 Å². The van der Waals surface area contributed by atoms with Gasteiger partial charge in [0.05, 0.1) is 42.1 Å². The van der Waals surface area contributed by atoms with Gasteiger partial charge in [-0.2, -0.15) is 9.61 Å². The Hall–Kier alpha value is -4.13. The average Bonchev–Trinajstić information content (AvgIpc) is 3.64. The molecule has 4 heterocycles. The average molecular weight is 534 g/mol. The molecule has 1 aliphatic rings. The standard InChI is InChI=1S/C27H31N7O5/c1-16(35)22-23(17-7-9-27(10-8-17,26(36)33-37)39-13-12-38-2)32-25-19(15-31-34(25)24(22)28)18-5-6-21(30-14-18)20-4-3-11-29-20/h3-6,11,14-15,17,29,37H,7-10,12-13,28H2,1-2H3,(H,33,36). The third-order valence-corrected chi connectivity index (χ3v) is 7.37. The molecular weight excluding hydrogens is 502 g/mol. The number of aromatic nitrogens is 5. The van der Waals surface area contributed by atoms with Gasteiger partial charge in [0.2, 0.25) is 0 Å². The van der Waals surface area contributed by atoms with Crippen molar-refractivity contribution in [2.45, 2.75) is 44.1 Å². The Bertz CT molecular complexity index is 1470. The number of H-pyrrole nitrogens is 1. The van der Waals surface area contributed by atoms with Crippen molar-refractivity contribution in [2.75, 3.05) is 26.1 Å². The lowest BCUT2D eigenvalue weighted by molar-refractivity contribution is -0.163. The lowest BCUT2D eigenvalue weighted by atomic mass is 9.76. The van der Waals surface area contributed by atoms with Gasteiger partial charge in [-0.25, -0.2) is 10.5 Å². The number of Topliss-reactive ketones (excluding diaryl/α,β-unsaturated/α-hetero) is 1. The van der Waals surface area contributed by atoms with Crippen molar-refractivity contribution < 1.29 is 24.3 Å². The predicted octanol–water partition coefficient (Wildman–Crippen LogP) is 3.14. The van der Waals surface area contributed by atoms with E-state index in [1.165, 1.54) is 11.4 Å². The summed E-state index contributed by atoms with van der Waals surface area (Å²) in [6, 6.07) is 7.71. The highest BCUT2D eigenvalue weighted by atomic mass is 16.5. The van der Waals surface area contributed by atoms with Crippen molar-refractivity contribution in [3.8, 4) is 22.5 Å². The van der Waals surface area contributed by atoms with Gasteiger partial charge in [-0.15, -0.1) is 0 Å². The van der Waals surface area contributed by atoms with Crippen molar-refractivity contribution in [3.63, 3.8) is 0 Å². The van der Waals surface area contributed by atoms with Gasteiger partial charge in [-0.1, -0.05) is 6.07 Å². The molecule has 4 aromatic heterocycles. The quantitative estimate of drug-likeness (QED) is 0.109. The number of amides is 1. The predicted molar refractivity (Wildman–Crippen MR) is 142 cm³/mol. The van der Waals surface area contributed by atoms with Gasteiger partial charge < -0.3 is 20.2 Å². The van der Waals surface area contributed by atoms with E-state index in [-0.39, 0.29) is 24.1 Å². The molecule has 0 aliphatic heterocycles. The van der Waals surface area contributed by atoms with E-state index in [2.05, 4.69) is 15.1 Å². The minimum atomic E-state index is -1.19. The molecule has 0 bridgehead atoms. The number of hydrogen-bond acceptors (Lipinski definition) is 9. The molecule has 4 aromatic rings. The first-order chi connectivity index (χ1) is 18.9. The molecule has 204 valence electrons. The molecule has 5 rings (SSSR count). The summed E-state index contributed by atoms with van der Waals surface area (Å²) < 4.78 is 12.4. The van der Waals surface area contributed by atoms with Crippen LogP contribution in [0.5, 0.6) is 0 Å². The number of nitrogens with zero attached hydrogens (tertiary/aromatic N) is 4. The van der Waals surface area contributed by atoms with Gasteiger partial charge in [-0.05, 0) is 50.8 Å². The van der Waals surface area contributed by atoms with Crippen LogP contribution in [0.15, 0.2) is 42.9 Å². The monoisotopic (exact) mass is 533 g/mol. The van der Waals surface area contributed by atoms with Gasteiger partial charge in [0, 0.05) is 36.5 Å². The SMILES string of the molecule is COCCOC1(C(=O)NO)CCC(c2nc3c(-c4ccc(-c5ccc[nH]5)nc4)cnn3c(N)c2C(C)=O)CC1. The summed E-state index contributed by atoms with van der Waals surface area (Å²) in [5, 5.41) is 13.8. The molecule has 39 heavy (non-hydrogen) atoms. The Kier molecular flexibility index (Phi) is 7.42. The largest absolute Gasteiger partial charge is 0.383 e. The van der Waals surface area contributed by atoms with Crippen molar-refractivity contribution >= 4 is 23.2 Å². The molecule has 12 nitrogen and oxygen atoms in total. The summed E-state index contributed by atoms with van der Waals surface area (Å²) >= 11 is 0. The number of carbonyl (C=O) groups excluding carboxylic acids is 2. The summed E-state index contributed by atoms with van der Waals surface area (Å²) in [6.07, 6.45) is 6.91. The Morgan fingerprint density at radius 2 is 2.03 bits per heavy atom. The Labute approximate surface area is 224 Å². The Morgan fingerprint density at radius 3 is 2.64 bits per heavy atom. The van der Waals surface area contributed by atoms with Crippen LogP contribution in [0.2, 0.25) is 0 Å². The number of hydrogen-bond donors (Lipinski definition) is 4. The number of fused-ring (bicyclic) bond motifs is 1. The maximum absolute atomic E-state index is 12.7. The summed E-state index contributed by atoms with van der Waals surface area (Å²) in [6.45, 7) is 1.98. The molecule has 0 atom stereocenters. The van der Waals surface area contributed by atoms with E-state index in [4.69, 9.17) is 20.2 Å². The zero-order chi connectivity index (χ0) is 27.6. The summed E-state index contributed by atoms with van der Waals surface area (Å²) in [5.74, 6) is -0.753. The molecule has 0 radical (unpaired) electrons. The molecule has 0 unspecified atom stereocenters. The summed E-state index contributed by atoms with van der Waals surface area (Å²) in [5.41, 5.74) is 11.7. The fourth-order valence-corrected chi connectivity index (χ4v) is 5.31. The highest BCUT2D eigenvalue weighted by Crippen LogP contribution is 2.42. The van der Waals surface area contributed by atoms with Crippen LogP contribution in [0.4, 0.5) is 5.82 Å². The fourth-order valence-electron chi connectivity index (χ4n) is 5.31. The van der Waals surface area contributed by atoms with Crippen molar-refractivity contribution in [2.24, 2.45) is 0 Å². The van der Waals surface area contributed by atoms with E-state index in [0.29, 0.717) is 49.2 Å². The molecule has 1 amide bonds. The lowest BCUT2D eigenvalue weighted by Crippen LogP contribution is -2.50. The van der Waals surface area contributed by atoms with E-state index in [0.717, 1.165) is 22.5 Å². The third-order valence-electron chi connectivity index (χ3n) is 7.37. The van der Waals surface area contributed by atoms with Crippen molar-refractivity contribution in [1.82, 2.24) is 30.0 Å². The van der Waals surface area contributed by atoms with Gasteiger partial charge in [0.15, 0.2) is 11.4 Å². The Balaban J connectivity index is 1.50. The molecule has 0 aromatic carbocycles. The van der Waals surface area contributed by atoms with Crippen molar-refractivity contribution in [3.05, 3.63) is 54.1 Å². The van der Waals surface area contributed by atoms with Gasteiger partial charge in [0.1, 0.15) is 11.4 Å². The molecule has 1 aliphatic carbocycles. The minimum absolute atomic E-state index is 0.155. The fraction of sp³-hybridized carbons (Fsp3) is 0.370. The second kappa shape index (κ2) is 10.9. The molecule has 0 spiro atoms. The number of nitrogens with one attached hydrogen (secondary N) is 2. The van der Waals surface area contributed by atoms with Crippen LogP contribution in [-0.4, -0.2) is 67.4 Å². The maximum atomic E-state index is 12.7. The maximum Gasteiger partial charge on any atom is 0.275 e. The van der Waals surface area contributed by atoms with E-state index in [9.17, 15) is 14.8 Å². The number of rotatable bonds is 9. The van der Waals surface area contributed by atoms with E-state index < -0.39 is 11.5 Å². The third kappa shape index (κ3) is 4.89. The smallest absolute Gasteiger partial charge is 0.275 e. The summed E-state index contributed by atoms with van der Waals surface area (Å²) in [7, 11) is 1.55. The topological polar surface area (TPSA) is 170 Å². The number of carbonyl (C=O) groups is 2. The van der Waals surface area contributed by atoms with Crippen LogP contribution in [0.3, 0.4) is 0 Å². The molecular formula is C27H31N7O5. The van der Waals surface area contributed by atoms with Crippen molar-refractivity contribution in [1.29, 1.82) is 0 Å². The number of pyridine rings is 1. The number of ketones is 1. The highest BCUT2D eigenvalue weighted by molar-refractivity contribution is 6.00. The van der Waals surface area contributed by atoms with E-state index in [1.54, 1.807) is 25.0 Å². The second-order valence-corrected chi connectivity index (χ2v) is 9.67.